The van der Waals surface area contributed by atoms with E-state index >= 15 is 0 Å². The summed E-state index contributed by atoms with van der Waals surface area (Å²) in [6.45, 7) is 6.33. The maximum absolute atomic E-state index is 12.6. The Bertz CT molecular complexity index is 514. The van der Waals surface area contributed by atoms with E-state index in [-0.39, 0.29) is 11.8 Å². The molecular weight excluding hydrogens is 256 g/mol. The molecule has 2 heterocycles. The van der Waals surface area contributed by atoms with E-state index in [2.05, 4.69) is 15.3 Å². The Morgan fingerprint density at radius 2 is 2.10 bits per heavy atom. The highest BCUT2D eigenvalue weighted by atomic mass is 16.2. The van der Waals surface area contributed by atoms with Crippen molar-refractivity contribution >= 4 is 11.8 Å². The highest BCUT2D eigenvalue weighted by Gasteiger charge is 2.39. The zero-order chi connectivity index (χ0) is 14.8. The molecule has 0 saturated carbocycles. The second-order valence-corrected chi connectivity index (χ2v) is 5.36. The fourth-order valence-corrected chi connectivity index (χ4v) is 2.20. The highest BCUT2D eigenvalue weighted by Crippen LogP contribution is 2.19. The largest absolute Gasteiger partial charge is 0.342 e. The van der Waals surface area contributed by atoms with Gasteiger partial charge in [-0.3, -0.25) is 19.6 Å². The first-order valence-corrected chi connectivity index (χ1v) is 6.82. The summed E-state index contributed by atoms with van der Waals surface area (Å²) in [7, 11) is 0. The second kappa shape index (κ2) is 5.56. The van der Waals surface area contributed by atoms with E-state index in [4.69, 9.17) is 0 Å². The maximum atomic E-state index is 12.6. The van der Waals surface area contributed by atoms with Crippen LogP contribution in [-0.4, -0.2) is 38.8 Å². The number of carbonyl (C=O) groups is 2. The molecule has 1 saturated heterocycles. The normalized spacial score (nSPS) is 23.4. The van der Waals surface area contributed by atoms with Crippen molar-refractivity contribution in [3.05, 3.63) is 23.8 Å². The molecular formula is C14H20N4O2. The third kappa shape index (κ3) is 2.95. The van der Waals surface area contributed by atoms with E-state index in [1.807, 2.05) is 13.8 Å². The van der Waals surface area contributed by atoms with Crippen molar-refractivity contribution in [3.63, 3.8) is 0 Å². The summed E-state index contributed by atoms with van der Waals surface area (Å²) in [5.74, 6) is -0.145. The molecule has 0 aromatic carbocycles. The standard InChI is InChI=1S/C14H20N4O2/c1-4-14(3)13(20)18(6-5-12(19)17-14)9-11-8-15-10(2)7-16-11/h7-8H,4-6,9H2,1-3H3,(H,17,19). The van der Waals surface area contributed by atoms with Crippen molar-refractivity contribution in [3.8, 4) is 0 Å². The average molecular weight is 276 g/mol. The molecule has 0 spiro atoms. The number of aromatic nitrogens is 2. The van der Waals surface area contributed by atoms with E-state index < -0.39 is 5.54 Å². The quantitative estimate of drug-likeness (QED) is 0.886. The summed E-state index contributed by atoms with van der Waals surface area (Å²) in [4.78, 5) is 34.4. The number of nitrogens with one attached hydrogen (secondary N) is 1. The zero-order valence-electron chi connectivity index (χ0n) is 12.1. The van der Waals surface area contributed by atoms with Crippen LogP contribution in [0.3, 0.4) is 0 Å². The van der Waals surface area contributed by atoms with Gasteiger partial charge >= 0.3 is 0 Å². The molecule has 6 heteroatoms. The van der Waals surface area contributed by atoms with Gasteiger partial charge in [-0.25, -0.2) is 0 Å². The van der Waals surface area contributed by atoms with Gasteiger partial charge in [0.2, 0.25) is 11.8 Å². The number of nitrogens with zero attached hydrogens (tertiary/aromatic N) is 3. The van der Waals surface area contributed by atoms with Gasteiger partial charge in [0, 0.05) is 19.2 Å². The Hall–Kier alpha value is -1.98. The molecule has 108 valence electrons. The van der Waals surface area contributed by atoms with Crippen molar-refractivity contribution in [2.24, 2.45) is 0 Å². The fraction of sp³-hybridized carbons (Fsp3) is 0.571. The Labute approximate surface area is 118 Å². The van der Waals surface area contributed by atoms with E-state index in [0.717, 1.165) is 11.4 Å². The molecule has 0 radical (unpaired) electrons. The van der Waals surface area contributed by atoms with Crippen LogP contribution in [-0.2, 0) is 16.1 Å². The van der Waals surface area contributed by atoms with E-state index in [1.165, 1.54) is 0 Å². The van der Waals surface area contributed by atoms with Crippen molar-refractivity contribution in [2.75, 3.05) is 6.54 Å². The first kappa shape index (κ1) is 14.4. The fourth-order valence-electron chi connectivity index (χ4n) is 2.20. The van der Waals surface area contributed by atoms with Gasteiger partial charge in [0.1, 0.15) is 5.54 Å². The van der Waals surface area contributed by atoms with Crippen molar-refractivity contribution in [1.82, 2.24) is 20.2 Å². The minimum absolute atomic E-state index is 0.0618. The van der Waals surface area contributed by atoms with Gasteiger partial charge < -0.3 is 10.2 Å². The van der Waals surface area contributed by atoms with Gasteiger partial charge in [-0.1, -0.05) is 6.92 Å². The Morgan fingerprint density at radius 3 is 2.70 bits per heavy atom. The molecule has 1 aromatic heterocycles. The lowest BCUT2D eigenvalue weighted by molar-refractivity contribution is -0.138. The predicted molar refractivity (Wildman–Crippen MR) is 73.6 cm³/mol. The SMILES string of the molecule is CCC1(C)NC(=O)CCN(Cc2cnc(C)cn2)C1=O. The van der Waals surface area contributed by atoms with E-state index in [9.17, 15) is 9.59 Å². The third-order valence-electron chi connectivity index (χ3n) is 3.68. The minimum atomic E-state index is -0.828. The summed E-state index contributed by atoms with van der Waals surface area (Å²) in [5, 5.41) is 2.81. The molecule has 6 nitrogen and oxygen atoms in total. The first-order valence-electron chi connectivity index (χ1n) is 6.82. The second-order valence-electron chi connectivity index (χ2n) is 5.36. The third-order valence-corrected chi connectivity index (χ3v) is 3.68. The minimum Gasteiger partial charge on any atom is -0.342 e. The molecule has 2 rings (SSSR count). The van der Waals surface area contributed by atoms with Gasteiger partial charge in [-0.2, -0.15) is 0 Å². The molecule has 1 aromatic rings. The smallest absolute Gasteiger partial charge is 0.248 e. The van der Waals surface area contributed by atoms with Crippen LogP contribution in [0.1, 0.15) is 38.1 Å². The topological polar surface area (TPSA) is 75.2 Å². The molecule has 0 aliphatic carbocycles. The van der Waals surface area contributed by atoms with Crippen LogP contribution in [0, 0.1) is 6.92 Å². The van der Waals surface area contributed by atoms with Gasteiger partial charge in [0.05, 0.1) is 24.1 Å². The summed E-state index contributed by atoms with van der Waals surface area (Å²) in [6, 6.07) is 0. The lowest BCUT2D eigenvalue weighted by Gasteiger charge is -2.31. The lowest BCUT2D eigenvalue weighted by Crippen LogP contribution is -2.54. The molecule has 1 fully saturated rings. The molecule has 1 N–H and O–H groups in total. The first-order chi connectivity index (χ1) is 9.44. The number of hydrogen-bond acceptors (Lipinski definition) is 4. The summed E-state index contributed by atoms with van der Waals surface area (Å²) >= 11 is 0. The van der Waals surface area contributed by atoms with Gasteiger partial charge in [-0.15, -0.1) is 0 Å². The molecule has 1 atom stereocenters. The van der Waals surface area contributed by atoms with Crippen LogP contribution in [0.5, 0.6) is 0 Å². The predicted octanol–water partition coefficient (Wildman–Crippen LogP) is 0.802. The van der Waals surface area contributed by atoms with Crippen LogP contribution in [0.25, 0.3) is 0 Å². The number of aryl methyl sites for hydroxylation is 1. The van der Waals surface area contributed by atoms with Crippen LogP contribution in [0.4, 0.5) is 0 Å². The Morgan fingerprint density at radius 1 is 1.35 bits per heavy atom. The summed E-state index contributed by atoms with van der Waals surface area (Å²) in [6.07, 6.45) is 4.24. The van der Waals surface area contributed by atoms with Crippen LogP contribution in [0.2, 0.25) is 0 Å². The van der Waals surface area contributed by atoms with Crippen LogP contribution >= 0.6 is 0 Å². The van der Waals surface area contributed by atoms with Crippen LogP contribution in [0.15, 0.2) is 12.4 Å². The number of hydrogen-bond donors (Lipinski definition) is 1. The van der Waals surface area contributed by atoms with Crippen molar-refractivity contribution in [1.29, 1.82) is 0 Å². The van der Waals surface area contributed by atoms with Crippen molar-refractivity contribution < 1.29 is 9.59 Å². The molecule has 1 aliphatic rings. The Kier molecular flexibility index (Phi) is 4.01. The molecule has 0 bridgehead atoms. The number of carbonyl (C=O) groups excluding carboxylic acids is 2. The average Bonchev–Trinajstić information content (AvgIpc) is 2.53. The molecule has 1 aliphatic heterocycles. The summed E-state index contributed by atoms with van der Waals surface area (Å²) in [5.41, 5.74) is 0.744. The number of rotatable bonds is 3. The van der Waals surface area contributed by atoms with Gasteiger partial charge in [-0.05, 0) is 20.3 Å². The summed E-state index contributed by atoms with van der Waals surface area (Å²) < 4.78 is 0. The highest BCUT2D eigenvalue weighted by molar-refractivity contribution is 5.93. The maximum Gasteiger partial charge on any atom is 0.248 e. The number of amides is 2. The molecule has 1 unspecified atom stereocenters. The molecule has 2 amide bonds. The van der Waals surface area contributed by atoms with Gasteiger partial charge in [0.15, 0.2) is 0 Å². The molecule has 20 heavy (non-hydrogen) atoms. The van der Waals surface area contributed by atoms with Gasteiger partial charge in [0.25, 0.3) is 0 Å². The zero-order valence-corrected chi connectivity index (χ0v) is 12.1. The van der Waals surface area contributed by atoms with Crippen LogP contribution < -0.4 is 5.32 Å². The monoisotopic (exact) mass is 276 g/mol. The van der Waals surface area contributed by atoms with E-state index in [0.29, 0.717) is 25.9 Å². The Balaban J connectivity index is 2.19. The lowest BCUT2D eigenvalue weighted by atomic mass is 9.97. The van der Waals surface area contributed by atoms with Crippen molar-refractivity contribution in [2.45, 2.75) is 45.7 Å². The van der Waals surface area contributed by atoms with E-state index in [1.54, 1.807) is 24.2 Å².